The highest BCUT2D eigenvalue weighted by Gasteiger charge is 2.26. The van der Waals surface area contributed by atoms with E-state index >= 15 is 0 Å². The normalized spacial score (nSPS) is 18.8. The van der Waals surface area contributed by atoms with Gasteiger partial charge in [0.15, 0.2) is 0 Å². The summed E-state index contributed by atoms with van der Waals surface area (Å²) in [6, 6.07) is 11.8. The summed E-state index contributed by atoms with van der Waals surface area (Å²) in [6.45, 7) is 17.7. The molecule has 2 aliphatic heterocycles. The first-order valence-electron chi connectivity index (χ1n) is 14.2. The molecule has 186 valence electrons. The second-order valence-electron chi connectivity index (χ2n) is 10.0. The highest BCUT2D eigenvalue weighted by atomic mass is 15.2. The zero-order chi connectivity index (χ0) is 23.4. The van der Waals surface area contributed by atoms with Gasteiger partial charge in [-0.1, -0.05) is 116 Å². The van der Waals surface area contributed by atoms with Crippen molar-refractivity contribution in [1.29, 1.82) is 0 Å². The Bertz CT molecular complexity index is 495. The smallest absolute Gasteiger partial charge is 0.0120 e. The molecular formula is C30H56N2. The quantitative estimate of drug-likeness (QED) is 0.352. The number of unbranched alkanes of at least 4 members (excludes halogenated alkanes) is 5. The van der Waals surface area contributed by atoms with Crippen LogP contribution in [-0.4, -0.2) is 48.6 Å². The number of likely N-dealkylation sites (tertiary alicyclic amines) is 2. The summed E-state index contributed by atoms with van der Waals surface area (Å²) >= 11 is 0. The van der Waals surface area contributed by atoms with Gasteiger partial charge in [0.05, 0.1) is 0 Å². The van der Waals surface area contributed by atoms with Crippen LogP contribution in [0.5, 0.6) is 0 Å². The van der Waals surface area contributed by atoms with Crippen molar-refractivity contribution in [2.45, 2.75) is 124 Å². The van der Waals surface area contributed by atoms with E-state index in [9.17, 15) is 0 Å². The molecule has 0 radical (unpaired) electrons. The van der Waals surface area contributed by atoms with Gasteiger partial charge < -0.3 is 9.80 Å². The van der Waals surface area contributed by atoms with Gasteiger partial charge in [-0.25, -0.2) is 0 Å². The van der Waals surface area contributed by atoms with Crippen LogP contribution in [0.25, 0.3) is 0 Å². The lowest BCUT2D eigenvalue weighted by Gasteiger charge is -2.40. The molecule has 1 aromatic rings. The third-order valence-electron chi connectivity index (χ3n) is 7.07. The van der Waals surface area contributed by atoms with Crippen molar-refractivity contribution < 1.29 is 0 Å². The largest absolute Gasteiger partial charge is 0.303 e. The number of piperidine rings is 2. The topological polar surface area (TPSA) is 6.48 Å². The van der Waals surface area contributed by atoms with Gasteiger partial charge >= 0.3 is 0 Å². The predicted octanol–water partition coefficient (Wildman–Crippen LogP) is 8.52. The van der Waals surface area contributed by atoms with E-state index in [0.29, 0.717) is 5.92 Å². The number of benzene rings is 1. The number of hydrogen-bond donors (Lipinski definition) is 0. The molecule has 0 spiro atoms. The summed E-state index contributed by atoms with van der Waals surface area (Å²) in [7, 11) is 0. The van der Waals surface area contributed by atoms with Crippen LogP contribution in [0.15, 0.2) is 30.3 Å². The molecule has 2 heterocycles. The molecule has 32 heavy (non-hydrogen) atoms. The molecule has 2 aliphatic rings. The third-order valence-corrected chi connectivity index (χ3v) is 7.07. The van der Waals surface area contributed by atoms with E-state index in [-0.39, 0.29) is 0 Å². The standard InChI is InChI=1S/C19H30N2.C7H16.C4H10/c1-17(18-8-4-2-5-9-18)16-20-14-10-19(11-15-20)21-12-6-3-7-13-21;1-3-5-7-6-4-2;1-3-4-2/h2,4-5,8-9,17,19H,3,6-7,10-16H2,1H3;3-7H2,1-2H3;3-4H2,1-2H3. The van der Waals surface area contributed by atoms with Crippen LogP contribution in [0.1, 0.15) is 123 Å². The maximum Gasteiger partial charge on any atom is 0.0120 e. The zero-order valence-electron chi connectivity index (χ0n) is 22.5. The van der Waals surface area contributed by atoms with E-state index in [1.807, 2.05) is 0 Å². The third kappa shape index (κ3) is 13.0. The Morgan fingerprint density at radius 1 is 0.719 bits per heavy atom. The monoisotopic (exact) mass is 444 g/mol. The molecule has 0 N–H and O–H groups in total. The van der Waals surface area contributed by atoms with Gasteiger partial charge in [0, 0.05) is 12.6 Å². The minimum absolute atomic E-state index is 0.651. The summed E-state index contributed by atoms with van der Waals surface area (Å²) in [6.07, 6.45) is 16.7. The Hall–Kier alpha value is -0.860. The minimum atomic E-state index is 0.651. The zero-order valence-corrected chi connectivity index (χ0v) is 22.5. The molecule has 2 heteroatoms. The van der Waals surface area contributed by atoms with Crippen molar-refractivity contribution in [3.8, 4) is 0 Å². The van der Waals surface area contributed by atoms with Crippen molar-refractivity contribution >= 4 is 0 Å². The maximum atomic E-state index is 2.77. The fourth-order valence-electron chi connectivity index (χ4n) is 4.70. The van der Waals surface area contributed by atoms with E-state index in [0.717, 1.165) is 6.04 Å². The molecule has 0 bridgehead atoms. The molecule has 0 aliphatic carbocycles. The van der Waals surface area contributed by atoms with Gasteiger partial charge in [-0.15, -0.1) is 0 Å². The van der Waals surface area contributed by atoms with Gasteiger partial charge in [-0.05, 0) is 63.3 Å². The van der Waals surface area contributed by atoms with Crippen LogP contribution in [-0.2, 0) is 0 Å². The van der Waals surface area contributed by atoms with E-state index in [1.54, 1.807) is 0 Å². The highest BCUT2D eigenvalue weighted by molar-refractivity contribution is 5.19. The minimum Gasteiger partial charge on any atom is -0.303 e. The molecule has 1 aromatic carbocycles. The van der Waals surface area contributed by atoms with Gasteiger partial charge in [0.2, 0.25) is 0 Å². The molecule has 1 atom stereocenters. The first-order chi connectivity index (χ1) is 15.7. The SMILES string of the molecule is CC(CN1CCC(N2CCCCC2)CC1)c1ccccc1.CCCC.CCCCCCC. The lowest BCUT2D eigenvalue weighted by Crippen LogP contribution is -2.47. The van der Waals surface area contributed by atoms with Crippen molar-refractivity contribution in [1.82, 2.24) is 9.80 Å². The Balaban J connectivity index is 0.000000390. The van der Waals surface area contributed by atoms with Gasteiger partial charge in [-0.2, -0.15) is 0 Å². The fraction of sp³-hybridized carbons (Fsp3) is 0.800. The van der Waals surface area contributed by atoms with E-state index in [4.69, 9.17) is 0 Å². The predicted molar refractivity (Wildman–Crippen MR) is 145 cm³/mol. The summed E-state index contributed by atoms with van der Waals surface area (Å²) in [4.78, 5) is 5.44. The molecule has 0 saturated carbocycles. The lowest BCUT2D eigenvalue weighted by molar-refractivity contribution is 0.0905. The van der Waals surface area contributed by atoms with Crippen LogP contribution in [0.4, 0.5) is 0 Å². The van der Waals surface area contributed by atoms with E-state index in [2.05, 4.69) is 74.8 Å². The summed E-state index contributed by atoms with van der Waals surface area (Å²) < 4.78 is 0. The molecular weight excluding hydrogens is 388 g/mol. The van der Waals surface area contributed by atoms with Crippen LogP contribution in [0, 0.1) is 0 Å². The fourth-order valence-corrected chi connectivity index (χ4v) is 4.70. The number of rotatable bonds is 9. The Labute approximate surface area is 202 Å². The maximum absolute atomic E-state index is 2.77. The van der Waals surface area contributed by atoms with Crippen LogP contribution in [0.2, 0.25) is 0 Å². The van der Waals surface area contributed by atoms with Crippen LogP contribution in [0.3, 0.4) is 0 Å². The number of hydrogen-bond acceptors (Lipinski definition) is 2. The second-order valence-corrected chi connectivity index (χ2v) is 10.0. The molecule has 2 fully saturated rings. The lowest BCUT2D eigenvalue weighted by atomic mass is 9.97. The first kappa shape index (κ1) is 29.2. The van der Waals surface area contributed by atoms with Crippen molar-refractivity contribution in [3.05, 3.63) is 35.9 Å². The van der Waals surface area contributed by atoms with E-state index in [1.165, 1.54) is 115 Å². The van der Waals surface area contributed by atoms with Crippen molar-refractivity contribution in [2.75, 3.05) is 32.7 Å². The summed E-state index contributed by atoms with van der Waals surface area (Å²) in [5.41, 5.74) is 1.48. The summed E-state index contributed by atoms with van der Waals surface area (Å²) in [5, 5.41) is 0. The van der Waals surface area contributed by atoms with Crippen LogP contribution >= 0.6 is 0 Å². The van der Waals surface area contributed by atoms with E-state index < -0.39 is 0 Å². The van der Waals surface area contributed by atoms with Crippen LogP contribution < -0.4 is 0 Å². The molecule has 2 nitrogen and oxygen atoms in total. The van der Waals surface area contributed by atoms with Gasteiger partial charge in [0.25, 0.3) is 0 Å². The first-order valence-corrected chi connectivity index (χ1v) is 14.2. The molecule has 1 unspecified atom stereocenters. The van der Waals surface area contributed by atoms with Crippen molar-refractivity contribution in [2.24, 2.45) is 0 Å². The number of nitrogens with zero attached hydrogens (tertiary/aromatic N) is 2. The molecule has 0 amide bonds. The highest BCUT2D eigenvalue weighted by Crippen LogP contribution is 2.23. The average molecular weight is 445 g/mol. The summed E-state index contributed by atoms with van der Waals surface area (Å²) in [5.74, 6) is 0.651. The Kier molecular flexibility index (Phi) is 17.9. The van der Waals surface area contributed by atoms with Crippen molar-refractivity contribution in [3.63, 3.8) is 0 Å². The van der Waals surface area contributed by atoms with Gasteiger partial charge in [0.1, 0.15) is 0 Å². The Morgan fingerprint density at radius 2 is 1.28 bits per heavy atom. The molecule has 3 rings (SSSR count). The molecule has 2 saturated heterocycles. The van der Waals surface area contributed by atoms with Gasteiger partial charge in [-0.3, -0.25) is 0 Å². The second kappa shape index (κ2) is 19.6. The Morgan fingerprint density at radius 3 is 1.78 bits per heavy atom. The average Bonchev–Trinajstić information content (AvgIpc) is 2.86. The molecule has 0 aromatic heterocycles.